The molecule has 0 radical (unpaired) electrons. The largest absolute Gasteiger partial charge is 0.480 e. The van der Waals surface area contributed by atoms with Gasteiger partial charge in [0.15, 0.2) is 0 Å². The van der Waals surface area contributed by atoms with Gasteiger partial charge in [0.1, 0.15) is 5.25 Å². The van der Waals surface area contributed by atoms with Crippen molar-refractivity contribution in [3.05, 3.63) is 0 Å². The summed E-state index contributed by atoms with van der Waals surface area (Å²) in [6.45, 7) is 7.68. The molecule has 84 valence electrons. The van der Waals surface area contributed by atoms with Gasteiger partial charge >= 0.3 is 5.97 Å². The number of hydrogen-bond donors (Lipinski definition) is 1. The molecule has 1 N–H and O–H groups in total. The van der Waals surface area contributed by atoms with Gasteiger partial charge in [-0.15, -0.1) is 0 Å². The number of carboxylic acid groups (broad SMARTS) is 1. The van der Waals surface area contributed by atoms with E-state index in [0.717, 1.165) is 6.42 Å². The zero-order chi connectivity index (χ0) is 11.3. The molecule has 0 heterocycles. The summed E-state index contributed by atoms with van der Waals surface area (Å²) >= 11 is 0. The van der Waals surface area contributed by atoms with E-state index in [1.54, 1.807) is 13.8 Å². The summed E-state index contributed by atoms with van der Waals surface area (Å²) < 4.78 is 11.7. The second-order valence-corrected chi connectivity index (χ2v) is 5.95. The molecule has 0 aliphatic rings. The SMILES string of the molecule is CC(C)CCS(=O)C(C(=O)O)C(C)C. The predicted molar refractivity (Wildman–Crippen MR) is 58.7 cm³/mol. The van der Waals surface area contributed by atoms with E-state index in [1.807, 2.05) is 13.8 Å². The molecule has 0 bridgehead atoms. The van der Waals surface area contributed by atoms with Gasteiger partial charge in [0.25, 0.3) is 0 Å². The number of carbonyl (C=O) groups is 1. The third-order valence-corrected chi connectivity index (χ3v) is 3.98. The summed E-state index contributed by atoms with van der Waals surface area (Å²) in [5, 5.41) is 8.17. The Morgan fingerprint density at radius 3 is 2.07 bits per heavy atom. The van der Waals surface area contributed by atoms with E-state index in [2.05, 4.69) is 0 Å². The number of carboxylic acids is 1. The maximum absolute atomic E-state index is 11.7. The van der Waals surface area contributed by atoms with Crippen molar-refractivity contribution in [3.63, 3.8) is 0 Å². The lowest BCUT2D eigenvalue weighted by molar-refractivity contribution is -0.137. The Morgan fingerprint density at radius 1 is 1.29 bits per heavy atom. The second-order valence-electron chi connectivity index (χ2n) is 4.27. The van der Waals surface area contributed by atoms with E-state index in [9.17, 15) is 9.00 Å². The number of hydrogen-bond acceptors (Lipinski definition) is 2. The van der Waals surface area contributed by atoms with Crippen LogP contribution in [-0.2, 0) is 15.6 Å². The lowest BCUT2D eigenvalue weighted by Crippen LogP contribution is -2.32. The zero-order valence-corrected chi connectivity index (χ0v) is 10.1. The van der Waals surface area contributed by atoms with Gasteiger partial charge in [-0.2, -0.15) is 0 Å². The normalized spacial score (nSPS) is 15.9. The fourth-order valence-corrected chi connectivity index (χ4v) is 2.97. The number of rotatable bonds is 6. The number of aliphatic carboxylic acids is 1. The van der Waals surface area contributed by atoms with Gasteiger partial charge in [0.2, 0.25) is 0 Å². The average Bonchev–Trinajstić information content (AvgIpc) is 1.99. The topological polar surface area (TPSA) is 54.4 Å². The van der Waals surface area contributed by atoms with Gasteiger partial charge in [-0.3, -0.25) is 9.00 Å². The van der Waals surface area contributed by atoms with Crippen LogP contribution in [0.4, 0.5) is 0 Å². The van der Waals surface area contributed by atoms with Crippen LogP contribution >= 0.6 is 0 Å². The van der Waals surface area contributed by atoms with E-state index >= 15 is 0 Å². The van der Waals surface area contributed by atoms with Gasteiger partial charge in [0.05, 0.1) is 0 Å². The molecular weight excluding hydrogens is 200 g/mol. The predicted octanol–water partition coefficient (Wildman–Crippen LogP) is 1.89. The van der Waals surface area contributed by atoms with Crippen LogP contribution in [0.15, 0.2) is 0 Å². The molecule has 2 atom stereocenters. The quantitative estimate of drug-likeness (QED) is 0.743. The van der Waals surface area contributed by atoms with E-state index in [4.69, 9.17) is 5.11 Å². The fourth-order valence-electron chi connectivity index (χ4n) is 1.18. The van der Waals surface area contributed by atoms with Crippen LogP contribution < -0.4 is 0 Å². The molecule has 0 fully saturated rings. The first-order valence-electron chi connectivity index (χ1n) is 4.96. The van der Waals surface area contributed by atoms with Crippen molar-refractivity contribution < 1.29 is 14.1 Å². The van der Waals surface area contributed by atoms with E-state index < -0.39 is 22.0 Å². The molecule has 0 aromatic heterocycles. The van der Waals surface area contributed by atoms with E-state index in [1.165, 1.54) is 0 Å². The van der Waals surface area contributed by atoms with E-state index in [0.29, 0.717) is 11.7 Å². The van der Waals surface area contributed by atoms with E-state index in [-0.39, 0.29) is 5.92 Å². The minimum absolute atomic E-state index is 0.0690. The Balaban J connectivity index is 4.24. The highest BCUT2D eigenvalue weighted by molar-refractivity contribution is 7.86. The summed E-state index contributed by atoms with van der Waals surface area (Å²) in [5.74, 6) is -0.0459. The van der Waals surface area contributed by atoms with Gasteiger partial charge in [-0.25, -0.2) is 0 Å². The molecule has 0 amide bonds. The standard InChI is InChI=1S/C10H20O3S/c1-7(2)5-6-14(13)9(8(3)4)10(11)12/h7-9H,5-6H2,1-4H3,(H,11,12). The second kappa shape index (κ2) is 6.17. The molecule has 0 aliphatic carbocycles. The molecule has 0 aliphatic heterocycles. The molecule has 4 heteroatoms. The van der Waals surface area contributed by atoms with Crippen molar-refractivity contribution in [2.45, 2.75) is 39.4 Å². The summed E-state index contributed by atoms with van der Waals surface area (Å²) in [6.07, 6.45) is 0.823. The Labute approximate surface area is 88.4 Å². The lowest BCUT2D eigenvalue weighted by Gasteiger charge is -2.16. The Kier molecular flexibility index (Phi) is 6.00. The first-order valence-corrected chi connectivity index (χ1v) is 6.34. The average molecular weight is 220 g/mol. The Bertz CT molecular complexity index is 211. The minimum atomic E-state index is -1.24. The maximum Gasteiger partial charge on any atom is 0.319 e. The van der Waals surface area contributed by atoms with Crippen LogP contribution in [-0.4, -0.2) is 26.3 Å². The van der Waals surface area contributed by atoms with Crippen molar-refractivity contribution in [2.24, 2.45) is 11.8 Å². The molecule has 0 aromatic rings. The fraction of sp³-hybridized carbons (Fsp3) is 0.900. The summed E-state index contributed by atoms with van der Waals surface area (Å²) in [6, 6.07) is 0. The molecular formula is C10H20O3S. The Hall–Kier alpha value is -0.380. The van der Waals surface area contributed by atoms with Crippen molar-refractivity contribution in [3.8, 4) is 0 Å². The van der Waals surface area contributed by atoms with Crippen LogP contribution in [0.2, 0.25) is 0 Å². The molecule has 3 nitrogen and oxygen atoms in total. The lowest BCUT2D eigenvalue weighted by atomic mass is 10.1. The van der Waals surface area contributed by atoms with Gasteiger partial charge in [-0.05, 0) is 18.3 Å². The van der Waals surface area contributed by atoms with Crippen molar-refractivity contribution >= 4 is 16.8 Å². The molecule has 0 saturated carbocycles. The highest BCUT2D eigenvalue weighted by Crippen LogP contribution is 2.12. The summed E-state index contributed by atoms with van der Waals surface area (Å²) in [4.78, 5) is 10.8. The van der Waals surface area contributed by atoms with Gasteiger partial charge < -0.3 is 5.11 Å². The van der Waals surface area contributed by atoms with Crippen molar-refractivity contribution in [1.29, 1.82) is 0 Å². The molecule has 0 saturated heterocycles. The van der Waals surface area contributed by atoms with Crippen LogP contribution in [0, 0.1) is 11.8 Å². The molecule has 0 rings (SSSR count). The van der Waals surface area contributed by atoms with Gasteiger partial charge in [0, 0.05) is 16.6 Å². The van der Waals surface area contributed by atoms with Crippen LogP contribution in [0.5, 0.6) is 0 Å². The third-order valence-electron chi connectivity index (χ3n) is 2.03. The first kappa shape index (κ1) is 13.6. The van der Waals surface area contributed by atoms with Crippen LogP contribution in [0.3, 0.4) is 0 Å². The first-order chi connectivity index (χ1) is 6.36. The molecule has 0 aromatic carbocycles. The summed E-state index contributed by atoms with van der Waals surface area (Å²) in [5.41, 5.74) is 0. The van der Waals surface area contributed by atoms with Crippen LogP contribution in [0.25, 0.3) is 0 Å². The molecule has 14 heavy (non-hydrogen) atoms. The van der Waals surface area contributed by atoms with Crippen molar-refractivity contribution in [1.82, 2.24) is 0 Å². The van der Waals surface area contributed by atoms with Crippen LogP contribution in [0.1, 0.15) is 34.1 Å². The maximum atomic E-state index is 11.7. The highest BCUT2D eigenvalue weighted by atomic mass is 32.2. The smallest absolute Gasteiger partial charge is 0.319 e. The minimum Gasteiger partial charge on any atom is -0.480 e. The third kappa shape index (κ3) is 4.74. The molecule has 2 unspecified atom stereocenters. The summed E-state index contributed by atoms with van der Waals surface area (Å²) in [7, 11) is -1.24. The van der Waals surface area contributed by atoms with Crippen molar-refractivity contribution in [2.75, 3.05) is 5.75 Å². The zero-order valence-electron chi connectivity index (χ0n) is 9.32. The molecule has 0 spiro atoms. The highest BCUT2D eigenvalue weighted by Gasteiger charge is 2.27. The van der Waals surface area contributed by atoms with Gasteiger partial charge in [-0.1, -0.05) is 27.7 Å². The Morgan fingerprint density at radius 2 is 1.79 bits per heavy atom. The monoisotopic (exact) mass is 220 g/mol.